The SMILES string of the molecule is COC(=O)CC(C(=O)O)=C(C(=O)O)C1CCCC1. The zero-order chi connectivity index (χ0) is 13.7. The van der Waals surface area contributed by atoms with Crippen LogP contribution in [0.1, 0.15) is 32.1 Å². The van der Waals surface area contributed by atoms with E-state index in [1.54, 1.807) is 0 Å². The van der Waals surface area contributed by atoms with E-state index in [0.717, 1.165) is 20.0 Å². The summed E-state index contributed by atoms with van der Waals surface area (Å²) in [5.41, 5.74) is -0.508. The fourth-order valence-electron chi connectivity index (χ4n) is 2.27. The highest BCUT2D eigenvalue weighted by Gasteiger charge is 2.31. The van der Waals surface area contributed by atoms with Crippen LogP contribution in [-0.2, 0) is 19.1 Å². The first-order valence-corrected chi connectivity index (χ1v) is 5.73. The van der Waals surface area contributed by atoms with Crippen molar-refractivity contribution in [2.24, 2.45) is 5.92 Å². The summed E-state index contributed by atoms with van der Waals surface area (Å²) < 4.78 is 4.39. The van der Waals surface area contributed by atoms with E-state index in [9.17, 15) is 14.4 Å². The Bertz CT molecular complexity index is 389. The van der Waals surface area contributed by atoms with Gasteiger partial charge in [0.1, 0.15) is 0 Å². The fraction of sp³-hybridized carbons (Fsp3) is 0.583. The van der Waals surface area contributed by atoms with Crippen LogP contribution in [0.3, 0.4) is 0 Å². The van der Waals surface area contributed by atoms with Crippen molar-refractivity contribution in [3.8, 4) is 0 Å². The van der Waals surface area contributed by atoms with Gasteiger partial charge in [-0.3, -0.25) is 4.79 Å². The Labute approximate surface area is 104 Å². The molecule has 0 heterocycles. The smallest absolute Gasteiger partial charge is 0.332 e. The Kier molecular flexibility index (Phi) is 4.88. The minimum Gasteiger partial charge on any atom is -0.478 e. The Morgan fingerprint density at radius 3 is 2.06 bits per heavy atom. The van der Waals surface area contributed by atoms with Crippen LogP contribution in [0, 0.1) is 5.92 Å². The summed E-state index contributed by atoms with van der Waals surface area (Å²) in [5, 5.41) is 18.2. The molecule has 0 aromatic carbocycles. The summed E-state index contributed by atoms with van der Waals surface area (Å²) in [7, 11) is 1.14. The first-order chi connectivity index (χ1) is 8.47. The van der Waals surface area contributed by atoms with E-state index in [4.69, 9.17) is 10.2 Å². The van der Waals surface area contributed by atoms with Gasteiger partial charge in [-0.05, 0) is 18.8 Å². The summed E-state index contributed by atoms with van der Waals surface area (Å²) in [5.74, 6) is -3.66. The highest BCUT2D eigenvalue weighted by atomic mass is 16.5. The standard InChI is InChI=1S/C12H16O6/c1-18-9(13)6-8(11(14)15)10(12(16)17)7-4-2-3-5-7/h7H,2-6H2,1H3,(H,14,15)(H,16,17). The van der Waals surface area contributed by atoms with Crippen molar-refractivity contribution in [2.75, 3.05) is 7.11 Å². The number of carboxylic acid groups (broad SMARTS) is 2. The average Bonchev–Trinajstić information content (AvgIpc) is 2.80. The van der Waals surface area contributed by atoms with E-state index in [1.165, 1.54) is 0 Å². The highest BCUT2D eigenvalue weighted by molar-refractivity contribution is 6.02. The van der Waals surface area contributed by atoms with Gasteiger partial charge in [0.25, 0.3) is 0 Å². The molecule has 0 atom stereocenters. The maximum Gasteiger partial charge on any atom is 0.332 e. The van der Waals surface area contributed by atoms with Gasteiger partial charge in [0.05, 0.1) is 24.7 Å². The minimum atomic E-state index is -1.37. The highest BCUT2D eigenvalue weighted by Crippen LogP contribution is 2.33. The van der Waals surface area contributed by atoms with Crippen LogP contribution in [0.25, 0.3) is 0 Å². The molecule has 0 unspecified atom stereocenters. The van der Waals surface area contributed by atoms with Crippen molar-refractivity contribution >= 4 is 17.9 Å². The maximum absolute atomic E-state index is 11.2. The first kappa shape index (κ1) is 14.2. The summed E-state index contributed by atoms with van der Waals surface area (Å²) in [4.78, 5) is 33.5. The number of aliphatic carboxylic acids is 2. The van der Waals surface area contributed by atoms with E-state index >= 15 is 0 Å². The second kappa shape index (κ2) is 6.18. The lowest BCUT2D eigenvalue weighted by molar-refractivity contribution is -0.142. The summed E-state index contributed by atoms with van der Waals surface area (Å²) >= 11 is 0. The van der Waals surface area contributed by atoms with Gasteiger partial charge in [0.15, 0.2) is 0 Å². The van der Waals surface area contributed by atoms with Gasteiger partial charge >= 0.3 is 17.9 Å². The molecular weight excluding hydrogens is 240 g/mol. The average molecular weight is 256 g/mol. The zero-order valence-electron chi connectivity index (χ0n) is 10.1. The van der Waals surface area contributed by atoms with Crippen LogP contribution in [0.5, 0.6) is 0 Å². The third kappa shape index (κ3) is 3.32. The third-order valence-electron chi connectivity index (χ3n) is 3.13. The number of carbonyl (C=O) groups is 3. The lowest BCUT2D eigenvalue weighted by Gasteiger charge is -2.14. The fourth-order valence-corrected chi connectivity index (χ4v) is 2.27. The topological polar surface area (TPSA) is 101 Å². The molecule has 1 aliphatic rings. The second-order valence-corrected chi connectivity index (χ2v) is 4.24. The molecule has 0 amide bonds. The Balaban J connectivity index is 3.12. The van der Waals surface area contributed by atoms with E-state index in [0.29, 0.717) is 12.8 Å². The maximum atomic E-state index is 11.2. The third-order valence-corrected chi connectivity index (χ3v) is 3.13. The van der Waals surface area contributed by atoms with Gasteiger partial charge in [-0.25, -0.2) is 9.59 Å². The van der Waals surface area contributed by atoms with Gasteiger partial charge in [-0.2, -0.15) is 0 Å². The van der Waals surface area contributed by atoms with Crippen molar-refractivity contribution in [1.82, 2.24) is 0 Å². The molecule has 0 aromatic rings. The van der Waals surface area contributed by atoms with Gasteiger partial charge in [-0.1, -0.05) is 12.8 Å². The number of esters is 1. The second-order valence-electron chi connectivity index (χ2n) is 4.24. The summed E-state index contributed by atoms with van der Waals surface area (Å²) in [6.07, 6.45) is 2.56. The van der Waals surface area contributed by atoms with Crippen LogP contribution < -0.4 is 0 Å². The molecule has 1 saturated carbocycles. The predicted molar refractivity (Wildman–Crippen MR) is 60.9 cm³/mol. The number of carboxylic acids is 2. The van der Waals surface area contributed by atoms with Gasteiger partial charge in [-0.15, -0.1) is 0 Å². The number of hydrogen-bond acceptors (Lipinski definition) is 4. The van der Waals surface area contributed by atoms with Crippen molar-refractivity contribution in [2.45, 2.75) is 32.1 Å². The van der Waals surface area contributed by atoms with Crippen LogP contribution in [-0.4, -0.2) is 35.2 Å². The molecule has 0 spiro atoms. The van der Waals surface area contributed by atoms with Crippen LogP contribution in [0.15, 0.2) is 11.1 Å². The number of hydrogen-bond donors (Lipinski definition) is 2. The van der Waals surface area contributed by atoms with Crippen molar-refractivity contribution in [1.29, 1.82) is 0 Å². The normalized spacial score (nSPS) is 17.2. The Morgan fingerprint density at radius 2 is 1.67 bits per heavy atom. The van der Waals surface area contributed by atoms with Crippen molar-refractivity contribution < 1.29 is 29.3 Å². The quantitative estimate of drug-likeness (QED) is 0.566. The van der Waals surface area contributed by atoms with E-state index in [1.807, 2.05) is 0 Å². The van der Waals surface area contributed by atoms with E-state index in [-0.39, 0.29) is 17.1 Å². The summed E-state index contributed by atoms with van der Waals surface area (Å²) in [6.45, 7) is 0. The summed E-state index contributed by atoms with van der Waals surface area (Å²) in [6, 6.07) is 0. The molecule has 0 aromatic heterocycles. The van der Waals surface area contributed by atoms with E-state index < -0.39 is 24.3 Å². The van der Waals surface area contributed by atoms with Crippen molar-refractivity contribution in [3.05, 3.63) is 11.1 Å². The molecule has 0 saturated heterocycles. The molecule has 100 valence electrons. The van der Waals surface area contributed by atoms with Crippen LogP contribution in [0.2, 0.25) is 0 Å². The van der Waals surface area contributed by atoms with Crippen LogP contribution >= 0.6 is 0 Å². The molecule has 0 bridgehead atoms. The number of carbonyl (C=O) groups excluding carboxylic acids is 1. The molecular formula is C12H16O6. The minimum absolute atomic E-state index is 0.148. The molecule has 1 rings (SSSR count). The monoisotopic (exact) mass is 256 g/mol. The lowest BCUT2D eigenvalue weighted by atomic mass is 9.91. The van der Waals surface area contributed by atoms with Gasteiger partial charge < -0.3 is 14.9 Å². The van der Waals surface area contributed by atoms with Crippen LogP contribution in [0.4, 0.5) is 0 Å². The number of rotatable bonds is 5. The predicted octanol–water partition coefficient (Wildman–Crippen LogP) is 1.21. The molecule has 0 radical (unpaired) electrons. The Morgan fingerprint density at radius 1 is 1.11 bits per heavy atom. The van der Waals surface area contributed by atoms with Gasteiger partial charge in [0.2, 0.25) is 0 Å². The zero-order valence-corrected chi connectivity index (χ0v) is 10.1. The lowest BCUT2D eigenvalue weighted by Crippen LogP contribution is -2.19. The molecule has 1 fully saturated rings. The van der Waals surface area contributed by atoms with Gasteiger partial charge in [0, 0.05) is 0 Å². The molecule has 0 aliphatic heterocycles. The largest absolute Gasteiger partial charge is 0.478 e. The van der Waals surface area contributed by atoms with Crippen molar-refractivity contribution in [3.63, 3.8) is 0 Å². The molecule has 2 N–H and O–H groups in total. The van der Waals surface area contributed by atoms with E-state index in [2.05, 4.69) is 4.74 Å². The molecule has 1 aliphatic carbocycles. The number of methoxy groups -OCH3 is 1. The number of ether oxygens (including phenoxy) is 1. The molecule has 6 nitrogen and oxygen atoms in total. The molecule has 18 heavy (non-hydrogen) atoms. The first-order valence-electron chi connectivity index (χ1n) is 5.73. The molecule has 6 heteroatoms. The Hall–Kier alpha value is -1.85.